The number of rotatable bonds is 1. The van der Waals surface area contributed by atoms with Crippen LogP contribution in [0, 0.1) is 16.7 Å². The number of Topliss-reactive ketones (excluding diaryl/α,β-unsaturated/α-hetero) is 1. The lowest BCUT2D eigenvalue weighted by Crippen LogP contribution is -2.43. The van der Waals surface area contributed by atoms with Crippen LogP contribution in [0.3, 0.4) is 0 Å². The normalized spacial score (nSPS) is 14.5. The molecule has 0 saturated carbocycles. The van der Waals surface area contributed by atoms with E-state index >= 15 is 0 Å². The Labute approximate surface area is 89.0 Å². The highest BCUT2D eigenvalue weighted by atomic mass is 19.4. The van der Waals surface area contributed by atoms with Gasteiger partial charge in [0.2, 0.25) is 5.78 Å². The van der Waals surface area contributed by atoms with Crippen molar-refractivity contribution in [2.45, 2.75) is 47.7 Å². The lowest BCUT2D eigenvalue weighted by atomic mass is 9.64. The summed E-state index contributed by atoms with van der Waals surface area (Å²) >= 11 is 0. The van der Waals surface area contributed by atoms with Gasteiger partial charge in [-0.2, -0.15) is 13.2 Å². The maximum Gasteiger partial charge on any atom is 0.450 e. The second kappa shape index (κ2) is 3.80. The second-order valence-electron chi connectivity index (χ2n) is 5.70. The molecule has 0 aromatic rings. The molecule has 0 saturated heterocycles. The Hall–Kier alpha value is -0.540. The van der Waals surface area contributed by atoms with Crippen molar-refractivity contribution in [3.05, 3.63) is 5.92 Å². The van der Waals surface area contributed by atoms with Crippen LogP contribution in [0.4, 0.5) is 13.2 Å². The summed E-state index contributed by atoms with van der Waals surface area (Å²) in [6.45, 7) is 9.73. The van der Waals surface area contributed by atoms with Crippen LogP contribution in [-0.4, -0.2) is 12.0 Å². The predicted octanol–water partition coefficient (Wildman–Crippen LogP) is 3.78. The summed E-state index contributed by atoms with van der Waals surface area (Å²) in [6, 6.07) is 0. The third kappa shape index (κ3) is 3.84. The van der Waals surface area contributed by atoms with Gasteiger partial charge in [0, 0.05) is 0 Å². The standard InChI is InChI=1S/C11H18F3O/c1-9(2,3)7(10(4,5)6)8(15)11(12,13)14/h1-6H3. The van der Waals surface area contributed by atoms with E-state index in [4.69, 9.17) is 0 Å². The molecule has 0 aromatic carbocycles. The first kappa shape index (κ1) is 14.5. The van der Waals surface area contributed by atoms with E-state index in [1.807, 2.05) is 0 Å². The molecule has 0 heterocycles. The number of hydrogen-bond donors (Lipinski definition) is 0. The molecule has 4 heteroatoms. The highest BCUT2D eigenvalue weighted by Gasteiger charge is 2.52. The fourth-order valence-corrected chi connectivity index (χ4v) is 1.95. The quantitative estimate of drug-likeness (QED) is 0.661. The fraction of sp³-hybridized carbons (Fsp3) is 0.818. The molecule has 0 aromatic heterocycles. The molecule has 0 rings (SSSR count). The van der Waals surface area contributed by atoms with Crippen LogP contribution >= 0.6 is 0 Å². The highest BCUT2D eigenvalue weighted by molar-refractivity contribution is 5.98. The van der Waals surface area contributed by atoms with Crippen LogP contribution < -0.4 is 0 Å². The molecule has 0 spiro atoms. The molecule has 0 atom stereocenters. The monoisotopic (exact) mass is 223 g/mol. The van der Waals surface area contributed by atoms with Crippen molar-refractivity contribution >= 4 is 5.78 Å². The van der Waals surface area contributed by atoms with Crippen LogP contribution in [0.2, 0.25) is 0 Å². The summed E-state index contributed by atoms with van der Waals surface area (Å²) in [5, 5.41) is 0. The van der Waals surface area contributed by atoms with Gasteiger partial charge in [-0.15, -0.1) is 0 Å². The Bertz CT molecular complexity index is 226. The lowest BCUT2D eigenvalue weighted by Gasteiger charge is -2.38. The van der Waals surface area contributed by atoms with Crippen LogP contribution in [0.25, 0.3) is 0 Å². The summed E-state index contributed by atoms with van der Waals surface area (Å²) in [6.07, 6.45) is -4.78. The molecule has 1 radical (unpaired) electrons. The van der Waals surface area contributed by atoms with Gasteiger partial charge < -0.3 is 0 Å². The van der Waals surface area contributed by atoms with Gasteiger partial charge >= 0.3 is 6.18 Å². The van der Waals surface area contributed by atoms with Gasteiger partial charge in [0.1, 0.15) is 0 Å². The van der Waals surface area contributed by atoms with E-state index in [2.05, 4.69) is 0 Å². The van der Waals surface area contributed by atoms with E-state index < -0.39 is 22.8 Å². The van der Waals surface area contributed by atoms with Crippen molar-refractivity contribution in [2.24, 2.45) is 10.8 Å². The topological polar surface area (TPSA) is 17.1 Å². The number of halogens is 3. The summed E-state index contributed by atoms with van der Waals surface area (Å²) in [7, 11) is 0. The third-order valence-corrected chi connectivity index (χ3v) is 1.98. The zero-order chi connectivity index (χ0) is 12.7. The summed E-state index contributed by atoms with van der Waals surface area (Å²) in [5.41, 5.74) is -1.55. The maximum atomic E-state index is 12.4. The van der Waals surface area contributed by atoms with Gasteiger partial charge in [-0.3, -0.25) is 4.79 Å². The van der Waals surface area contributed by atoms with E-state index in [1.54, 1.807) is 41.5 Å². The number of carbonyl (C=O) groups excluding carboxylic acids is 1. The van der Waals surface area contributed by atoms with Crippen molar-refractivity contribution in [1.29, 1.82) is 0 Å². The molecule has 0 unspecified atom stereocenters. The first-order valence-corrected chi connectivity index (χ1v) is 4.77. The van der Waals surface area contributed by atoms with E-state index in [0.717, 1.165) is 0 Å². The van der Waals surface area contributed by atoms with Crippen molar-refractivity contribution in [3.63, 3.8) is 0 Å². The molecule has 1 nitrogen and oxygen atoms in total. The van der Waals surface area contributed by atoms with Crippen molar-refractivity contribution < 1.29 is 18.0 Å². The number of hydrogen-bond acceptors (Lipinski definition) is 1. The summed E-state index contributed by atoms with van der Waals surface area (Å²) < 4.78 is 37.2. The molecule has 0 N–H and O–H groups in total. The minimum absolute atomic E-state index is 0.0810. The Balaban J connectivity index is 5.26. The fourth-order valence-electron chi connectivity index (χ4n) is 1.95. The van der Waals surface area contributed by atoms with Gasteiger partial charge in [-0.1, -0.05) is 41.5 Å². The van der Waals surface area contributed by atoms with E-state index in [1.165, 1.54) is 0 Å². The molecule has 0 aliphatic rings. The molecule has 0 aliphatic heterocycles. The minimum atomic E-state index is -4.78. The first-order valence-electron chi connectivity index (χ1n) is 4.77. The Morgan fingerprint density at radius 3 is 1.13 bits per heavy atom. The van der Waals surface area contributed by atoms with Crippen molar-refractivity contribution in [2.75, 3.05) is 0 Å². The van der Waals surface area contributed by atoms with Gasteiger partial charge in [0.25, 0.3) is 0 Å². The molecule has 0 bridgehead atoms. The molecule has 0 fully saturated rings. The first-order chi connectivity index (χ1) is 6.28. The smallest absolute Gasteiger partial charge is 0.289 e. The SMILES string of the molecule is CC(C)(C)[C](C(=O)C(F)(F)F)C(C)(C)C. The maximum absolute atomic E-state index is 12.4. The number of carbonyl (C=O) groups is 1. The van der Waals surface area contributed by atoms with Crippen molar-refractivity contribution in [3.8, 4) is 0 Å². The Kier molecular flexibility index (Phi) is 3.66. The zero-order valence-corrected chi connectivity index (χ0v) is 10.0. The van der Waals surface area contributed by atoms with Gasteiger partial charge in [0.05, 0.1) is 5.92 Å². The molecule has 0 aliphatic carbocycles. The molecule has 0 amide bonds. The molecule has 15 heavy (non-hydrogen) atoms. The van der Waals surface area contributed by atoms with Crippen molar-refractivity contribution in [1.82, 2.24) is 0 Å². The summed E-state index contributed by atoms with van der Waals surface area (Å²) in [4.78, 5) is 11.3. The molecular formula is C11H18F3O. The molecule has 89 valence electrons. The van der Waals surface area contributed by atoms with Crippen LogP contribution in [0.5, 0.6) is 0 Å². The van der Waals surface area contributed by atoms with Gasteiger partial charge in [-0.05, 0) is 10.8 Å². The zero-order valence-electron chi connectivity index (χ0n) is 10.0. The Morgan fingerprint density at radius 1 is 0.800 bits per heavy atom. The minimum Gasteiger partial charge on any atom is -0.289 e. The van der Waals surface area contributed by atoms with E-state index in [-0.39, 0.29) is 5.92 Å². The predicted molar refractivity (Wildman–Crippen MR) is 53.2 cm³/mol. The highest BCUT2D eigenvalue weighted by Crippen LogP contribution is 2.45. The second-order valence-corrected chi connectivity index (χ2v) is 5.70. The van der Waals surface area contributed by atoms with Crippen LogP contribution in [-0.2, 0) is 4.79 Å². The average Bonchev–Trinajstić information content (AvgIpc) is 1.76. The lowest BCUT2D eigenvalue weighted by molar-refractivity contribution is -0.172. The van der Waals surface area contributed by atoms with Crippen LogP contribution in [0.15, 0.2) is 0 Å². The number of alkyl halides is 3. The largest absolute Gasteiger partial charge is 0.450 e. The number of ketones is 1. The van der Waals surface area contributed by atoms with Gasteiger partial charge in [0.15, 0.2) is 0 Å². The average molecular weight is 223 g/mol. The molecular weight excluding hydrogens is 205 g/mol. The third-order valence-electron chi connectivity index (χ3n) is 1.98. The van der Waals surface area contributed by atoms with Gasteiger partial charge in [-0.25, -0.2) is 0 Å². The van der Waals surface area contributed by atoms with Crippen LogP contribution in [0.1, 0.15) is 41.5 Å². The Morgan fingerprint density at radius 2 is 1.07 bits per heavy atom. The van der Waals surface area contributed by atoms with E-state index in [0.29, 0.717) is 0 Å². The summed E-state index contributed by atoms with van der Waals surface area (Å²) in [5.74, 6) is -1.79. The van der Waals surface area contributed by atoms with E-state index in [9.17, 15) is 18.0 Å².